The van der Waals surface area contributed by atoms with Gasteiger partial charge in [0.1, 0.15) is 0 Å². The van der Waals surface area contributed by atoms with E-state index in [1.807, 2.05) is 0 Å². The molecule has 0 amide bonds. The molecule has 1 heterocycles. The Morgan fingerprint density at radius 3 is 2.94 bits per heavy atom. The van der Waals surface area contributed by atoms with E-state index >= 15 is 0 Å². The lowest BCUT2D eigenvalue weighted by Crippen LogP contribution is -2.40. The predicted octanol–water partition coefficient (Wildman–Crippen LogP) is 3.41. The van der Waals surface area contributed by atoms with Crippen LogP contribution in [0.5, 0.6) is 0 Å². The third-order valence-electron chi connectivity index (χ3n) is 3.47. The lowest BCUT2D eigenvalue weighted by Gasteiger charge is -2.26. The molecule has 1 fully saturated rings. The molecule has 1 aromatic rings. The summed E-state index contributed by atoms with van der Waals surface area (Å²) in [6.45, 7) is 4.52. The van der Waals surface area contributed by atoms with E-state index in [4.69, 9.17) is 0 Å². The van der Waals surface area contributed by atoms with E-state index in [-0.39, 0.29) is 0 Å². The summed E-state index contributed by atoms with van der Waals surface area (Å²) in [6, 6.07) is 10.0. The van der Waals surface area contributed by atoms with Crippen LogP contribution in [0.3, 0.4) is 0 Å². The van der Waals surface area contributed by atoms with Crippen molar-refractivity contribution in [2.45, 2.75) is 45.2 Å². The molecule has 2 rings (SSSR count). The zero-order valence-corrected chi connectivity index (χ0v) is 11.7. The Morgan fingerprint density at radius 2 is 2.24 bits per heavy atom. The second-order valence-corrected chi connectivity index (χ2v) is 6.26. The smallest absolute Gasteiger partial charge is 0.0161 e. The van der Waals surface area contributed by atoms with Gasteiger partial charge in [-0.25, -0.2) is 0 Å². The molecule has 0 bridgehead atoms. The Labute approximate surface area is 109 Å². The monoisotopic (exact) mass is 249 g/mol. The van der Waals surface area contributed by atoms with Crippen LogP contribution in [0.4, 0.5) is 0 Å². The van der Waals surface area contributed by atoms with Crippen molar-refractivity contribution in [1.29, 1.82) is 0 Å². The molecule has 1 N–H and O–H groups in total. The summed E-state index contributed by atoms with van der Waals surface area (Å²) < 4.78 is 0. The van der Waals surface area contributed by atoms with Gasteiger partial charge in [0, 0.05) is 17.8 Å². The second kappa shape index (κ2) is 6.46. The van der Waals surface area contributed by atoms with Gasteiger partial charge in [0.05, 0.1) is 0 Å². The van der Waals surface area contributed by atoms with Crippen molar-refractivity contribution in [3.8, 4) is 0 Å². The van der Waals surface area contributed by atoms with Gasteiger partial charge < -0.3 is 5.32 Å². The fraction of sp³-hybridized carbons (Fsp3) is 0.600. The van der Waals surface area contributed by atoms with Gasteiger partial charge in [0.25, 0.3) is 0 Å². The van der Waals surface area contributed by atoms with Crippen LogP contribution in [-0.2, 0) is 6.42 Å². The maximum absolute atomic E-state index is 3.77. The second-order valence-electron chi connectivity index (χ2n) is 5.11. The third-order valence-corrected chi connectivity index (χ3v) is 4.68. The van der Waals surface area contributed by atoms with Crippen molar-refractivity contribution < 1.29 is 0 Å². The highest BCUT2D eigenvalue weighted by atomic mass is 32.2. The molecule has 0 radical (unpaired) electrons. The first-order valence-corrected chi connectivity index (χ1v) is 7.79. The average molecular weight is 249 g/mol. The van der Waals surface area contributed by atoms with Gasteiger partial charge in [-0.15, -0.1) is 0 Å². The zero-order valence-electron chi connectivity index (χ0n) is 10.9. The summed E-state index contributed by atoms with van der Waals surface area (Å²) in [6.07, 6.45) is 3.87. The largest absolute Gasteiger partial charge is 0.310 e. The van der Waals surface area contributed by atoms with Crippen LogP contribution in [-0.4, -0.2) is 23.6 Å². The topological polar surface area (TPSA) is 12.0 Å². The van der Waals surface area contributed by atoms with Crippen molar-refractivity contribution in [3.63, 3.8) is 0 Å². The molecule has 1 aromatic carbocycles. The highest BCUT2D eigenvalue weighted by Crippen LogP contribution is 2.18. The lowest BCUT2D eigenvalue weighted by atomic mass is 10.0. The van der Waals surface area contributed by atoms with Crippen LogP contribution < -0.4 is 5.32 Å². The number of benzene rings is 1. The van der Waals surface area contributed by atoms with Crippen LogP contribution >= 0.6 is 11.8 Å². The van der Waals surface area contributed by atoms with E-state index in [9.17, 15) is 0 Å². The van der Waals surface area contributed by atoms with Gasteiger partial charge in [-0.3, -0.25) is 0 Å². The Kier molecular flexibility index (Phi) is 4.93. The highest BCUT2D eigenvalue weighted by Gasteiger charge is 2.16. The standard InChI is InChI=1S/C15H23NS/c1-12-6-3-4-7-14(12)10-13(2)16-15-8-5-9-17-11-15/h3-4,6-7,13,15-16H,5,8-11H2,1-2H3. The van der Waals surface area contributed by atoms with Crippen LogP contribution in [0.2, 0.25) is 0 Å². The van der Waals surface area contributed by atoms with Crippen molar-refractivity contribution in [1.82, 2.24) is 5.32 Å². The van der Waals surface area contributed by atoms with Crippen molar-refractivity contribution in [3.05, 3.63) is 35.4 Å². The molecule has 94 valence electrons. The van der Waals surface area contributed by atoms with E-state index < -0.39 is 0 Å². The van der Waals surface area contributed by atoms with Crippen molar-refractivity contribution >= 4 is 11.8 Å². The summed E-state index contributed by atoms with van der Waals surface area (Å²) in [5, 5.41) is 3.77. The number of hydrogen-bond donors (Lipinski definition) is 1. The van der Waals surface area contributed by atoms with Crippen molar-refractivity contribution in [2.24, 2.45) is 0 Å². The van der Waals surface area contributed by atoms with Crippen LogP contribution in [0, 0.1) is 6.92 Å². The van der Waals surface area contributed by atoms with E-state index in [1.54, 1.807) is 0 Å². The zero-order chi connectivity index (χ0) is 12.1. The molecular weight excluding hydrogens is 226 g/mol. The maximum atomic E-state index is 3.77. The molecule has 1 aliphatic heterocycles. The van der Waals surface area contributed by atoms with Crippen LogP contribution in [0.1, 0.15) is 30.9 Å². The molecule has 1 aliphatic rings. The first kappa shape index (κ1) is 13.0. The molecule has 2 heteroatoms. The average Bonchev–Trinajstić information content (AvgIpc) is 2.33. The Bertz CT molecular complexity index is 345. The molecule has 1 nitrogen and oxygen atoms in total. The molecule has 0 saturated carbocycles. The summed E-state index contributed by atoms with van der Waals surface area (Å²) in [7, 11) is 0. The number of thioether (sulfide) groups is 1. The number of rotatable bonds is 4. The normalized spacial score (nSPS) is 22.4. The minimum Gasteiger partial charge on any atom is -0.310 e. The molecule has 0 aromatic heterocycles. The summed E-state index contributed by atoms with van der Waals surface area (Å²) in [5.74, 6) is 2.64. The van der Waals surface area contributed by atoms with Gasteiger partial charge >= 0.3 is 0 Å². The first-order chi connectivity index (χ1) is 8.25. The van der Waals surface area contributed by atoms with E-state index in [0.717, 1.165) is 12.5 Å². The number of hydrogen-bond acceptors (Lipinski definition) is 2. The minimum absolute atomic E-state index is 0.583. The van der Waals surface area contributed by atoms with Gasteiger partial charge in [-0.1, -0.05) is 24.3 Å². The molecule has 2 unspecified atom stereocenters. The summed E-state index contributed by atoms with van der Waals surface area (Å²) in [5.41, 5.74) is 2.90. The fourth-order valence-corrected chi connectivity index (χ4v) is 3.59. The molecule has 0 spiro atoms. The van der Waals surface area contributed by atoms with Gasteiger partial charge in [0.2, 0.25) is 0 Å². The van der Waals surface area contributed by atoms with E-state index in [0.29, 0.717) is 6.04 Å². The fourth-order valence-electron chi connectivity index (χ4n) is 2.50. The van der Waals surface area contributed by atoms with Gasteiger partial charge in [0.15, 0.2) is 0 Å². The first-order valence-electron chi connectivity index (χ1n) is 6.64. The van der Waals surface area contributed by atoms with Crippen LogP contribution in [0.15, 0.2) is 24.3 Å². The predicted molar refractivity (Wildman–Crippen MR) is 77.8 cm³/mol. The Hall–Kier alpha value is -0.470. The Balaban J connectivity index is 1.84. The summed E-state index contributed by atoms with van der Waals surface area (Å²) >= 11 is 2.09. The van der Waals surface area contributed by atoms with Crippen molar-refractivity contribution in [2.75, 3.05) is 11.5 Å². The summed E-state index contributed by atoms with van der Waals surface area (Å²) in [4.78, 5) is 0. The molecular formula is C15H23NS. The SMILES string of the molecule is Cc1ccccc1CC(C)NC1CCCSC1. The number of nitrogens with one attached hydrogen (secondary N) is 1. The van der Waals surface area contributed by atoms with Gasteiger partial charge in [-0.2, -0.15) is 11.8 Å². The molecule has 2 atom stereocenters. The minimum atomic E-state index is 0.583. The van der Waals surface area contributed by atoms with E-state index in [2.05, 4.69) is 55.2 Å². The molecule has 17 heavy (non-hydrogen) atoms. The molecule has 0 aliphatic carbocycles. The maximum Gasteiger partial charge on any atom is 0.0161 e. The third kappa shape index (κ3) is 4.04. The quantitative estimate of drug-likeness (QED) is 0.877. The highest BCUT2D eigenvalue weighted by molar-refractivity contribution is 7.99. The van der Waals surface area contributed by atoms with Crippen LogP contribution in [0.25, 0.3) is 0 Å². The lowest BCUT2D eigenvalue weighted by molar-refractivity contribution is 0.441. The Morgan fingerprint density at radius 1 is 1.41 bits per heavy atom. The number of aryl methyl sites for hydroxylation is 1. The molecule has 1 saturated heterocycles. The van der Waals surface area contributed by atoms with Gasteiger partial charge in [-0.05, 0) is 50.0 Å². The van der Waals surface area contributed by atoms with E-state index in [1.165, 1.54) is 35.5 Å².